The third-order valence-corrected chi connectivity index (χ3v) is 4.86. The Morgan fingerprint density at radius 3 is 2.54 bits per heavy atom. The summed E-state index contributed by atoms with van der Waals surface area (Å²) in [6, 6.07) is 20.0. The second-order valence-corrected chi connectivity index (χ2v) is 6.45. The Morgan fingerprint density at radius 2 is 1.85 bits per heavy atom. The minimum atomic E-state index is -0.656. The van der Waals surface area contributed by atoms with Gasteiger partial charge in [-0.2, -0.15) is 0 Å². The largest absolute Gasteiger partial charge is 0.461 e. The minimum Gasteiger partial charge on any atom is -0.461 e. The number of oxime groups is 1. The molecule has 0 saturated carbocycles. The Bertz CT molecular complexity index is 861. The highest BCUT2D eigenvalue weighted by Gasteiger charge is 2.52. The highest BCUT2D eigenvalue weighted by atomic mass is 16.6. The van der Waals surface area contributed by atoms with Crippen molar-refractivity contribution in [1.29, 1.82) is 0 Å². The summed E-state index contributed by atoms with van der Waals surface area (Å²) in [5.74, 6) is -0.440. The van der Waals surface area contributed by atoms with Gasteiger partial charge in [0.25, 0.3) is 0 Å². The van der Waals surface area contributed by atoms with E-state index in [1.54, 1.807) is 6.92 Å². The van der Waals surface area contributed by atoms with E-state index in [0.29, 0.717) is 19.4 Å². The van der Waals surface area contributed by atoms with Gasteiger partial charge in [-0.05, 0) is 18.1 Å². The lowest BCUT2D eigenvalue weighted by Crippen LogP contribution is -2.43. The lowest BCUT2D eigenvalue weighted by Gasteiger charge is -2.35. The Balaban J connectivity index is 1.77. The maximum absolute atomic E-state index is 12.2. The minimum absolute atomic E-state index is 0.238. The molecule has 0 saturated heterocycles. The number of carbonyl (C=O) groups excluding carboxylic acids is 1. The molecule has 0 N–H and O–H groups in total. The molecule has 5 nitrogen and oxygen atoms in total. The van der Waals surface area contributed by atoms with Gasteiger partial charge in [-0.25, -0.2) is 4.79 Å². The molecular formula is C21H20N2O3. The van der Waals surface area contributed by atoms with Crippen LogP contribution in [0.25, 0.3) is 0 Å². The molecule has 0 spiro atoms. The number of benzene rings is 2. The van der Waals surface area contributed by atoms with Crippen LogP contribution < -0.4 is 0 Å². The number of nitrogens with zero attached hydrogens (tertiary/aromatic N) is 2. The van der Waals surface area contributed by atoms with Gasteiger partial charge in [0.1, 0.15) is 5.54 Å². The standard InChI is InChI=1S/C21H20N2O3/c1-2-25-20(24)18-14-21(16-11-7-4-8-12-16)19(26-23-18)13-17(22-21)15-9-5-3-6-10-15/h3-12,19H,2,13-14H2,1H3. The van der Waals surface area contributed by atoms with Gasteiger partial charge in [0.05, 0.1) is 6.61 Å². The molecule has 0 bridgehead atoms. The van der Waals surface area contributed by atoms with Crippen LogP contribution in [-0.2, 0) is 19.9 Å². The lowest BCUT2D eigenvalue weighted by molar-refractivity contribution is -0.136. The highest BCUT2D eigenvalue weighted by molar-refractivity contribution is 6.36. The SMILES string of the molecule is CCOC(=O)C1=NOC2CC(c3ccccc3)=NC2(c2ccccc2)C1. The first-order chi connectivity index (χ1) is 12.7. The van der Waals surface area contributed by atoms with Crippen LogP contribution in [0.2, 0.25) is 0 Å². The van der Waals surface area contributed by atoms with Gasteiger partial charge in [0.15, 0.2) is 11.8 Å². The van der Waals surface area contributed by atoms with E-state index >= 15 is 0 Å². The van der Waals surface area contributed by atoms with E-state index in [1.807, 2.05) is 60.7 Å². The molecule has 0 fully saturated rings. The fraction of sp³-hybridized carbons (Fsp3) is 0.286. The van der Waals surface area contributed by atoms with E-state index in [1.165, 1.54) is 0 Å². The van der Waals surface area contributed by atoms with Crippen LogP contribution in [-0.4, -0.2) is 30.1 Å². The number of hydrogen-bond acceptors (Lipinski definition) is 5. The van der Waals surface area contributed by atoms with Gasteiger partial charge in [-0.1, -0.05) is 65.8 Å². The van der Waals surface area contributed by atoms with E-state index in [4.69, 9.17) is 14.6 Å². The lowest BCUT2D eigenvalue weighted by atomic mass is 9.80. The van der Waals surface area contributed by atoms with Crippen molar-refractivity contribution in [3.8, 4) is 0 Å². The molecule has 2 heterocycles. The van der Waals surface area contributed by atoms with Crippen LogP contribution in [0.1, 0.15) is 30.9 Å². The van der Waals surface area contributed by atoms with E-state index in [-0.39, 0.29) is 11.8 Å². The monoisotopic (exact) mass is 348 g/mol. The number of esters is 1. The summed E-state index contributed by atoms with van der Waals surface area (Å²) < 4.78 is 5.12. The van der Waals surface area contributed by atoms with Crippen LogP contribution in [0, 0.1) is 0 Å². The molecule has 0 radical (unpaired) electrons. The molecule has 0 amide bonds. The average molecular weight is 348 g/mol. The molecule has 26 heavy (non-hydrogen) atoms. The maximum Gasteiger partial charge on any atom is 0.356 e. The van der Waals surface area contributed by atoms with Gasteiger partial charge < -0.3 is 9.57 Å². The number of ether oxygens (including phenoxy) is 1. The number of fused-ring (bicyclic) bond motifs is 1. The van der Waals surface area contributed by atoms with Crippen molar-refractivity contribution in [2.24, 2.45) is 10.1 Å². The molecular weight excluding hydrogens is 328 g/mol. The van der Waals surface area contributed by atoms with Crippen molar-refractivity contribution in [3.63, 3.8) is 0 Å². The first-order valence-electron chi connectivity index (χ1n) is 8.82. The summed E-state index contributed by atoms with van der Waals surface area (Å²) >= 11 is 0. The number of rotatable bonds is 4. The van der Waals surface area contributed by atoms with Crippen LogP contribution in [0.3, 0.4) is 0 Å². The molecule has 0 aromatic heterocycles. The summed E-state index contributed by atoms with van der Waals surface area (Å²) in [7, 11) is 0. The fourth-order valence-electron chi connectivity index (χ4n) is 3.61. The second kappa shape index (κ2) is 6.75. The van der Waals surface area contributed by atoms with E-state index in [9.17, 15) is 4.79 Å². The van der Waals surface area contributed by atoms with E-state index in [2.05, 4.69) is 5.16 Å². The zero-order valence-electron chi connectivity index (χ0n) is 14.6. The molecule has 5 heteroatoms. The van der Waals surface area contributed by atoms with Crippen molar-refractivity contribution in [1.82, 2.24) is 0 Å². The predicted octanol–water partition coefficient (Wildman–Crippen LogP) is 3.48. The number of aliphatic imine (C=N–C) groups is 1. The third-order valence-electron chi connectivity index (χ3n) is 4.86. The molecule has 132 valence electrons. The maximum atomic E-state index is 12.2. The van der Waals surface area contributed by atoms with E-state index in [0.717, 1.165) is 16.8 Å². The fourth-order valence-corrected chi connectivity index (χ4v) is 3.61. The van der Waals surface area contributed by atoms with Crippen molar-refractivity contribution in [3.05, 3.63) is 71.8 Å². The molecule has 2 unspecified atom stereocenters. The smallest absolute Gasteiger partial charge is 0.356 e. The van der Waals surface area contributed by atoms with Gasteiger partial charge in [0, 0.05) is 18.6 Å². The Hall–Kier alpha value is -2.95. The number of hydrogen-bond donors (Lipinski definition) is 0. The van der Waals surface area contributed by atoms with Crippen molar-refractivity contribution >= 4 is 17.4 Å². The Morgan fingerprint density at radius 1 is 1.15 bits per heavy atom. The zero-order chi connectivity index (χ0) is 18.0. The third kappa shape index (κ3) is 2.79. The second-order valence-electron chi connectivity index (χ2n) is 6.45. The molecule has 2 atom stereocenters. The Kier molecular flexibility index (Phi) is 4.29. The predicted molar refractivity (Wildman–Crippen MR) is 99.3 cm³/mol. The summed E-state index contributed by atoms with van der Waals surface area (Å²) in [5.41, 5.74) is 2.69. The van der Waals surface area contributed by atoms with Crippen LogP contribution >= 0.6 is 0 Å². The quantitative estimate of drug-likeness (QED) is 0.795. The van der Waals surface area contributed by atoms with Gasteiger partial charge in [-0.15, -0.1) is 0 Å². The summed E-state index contributed by atoms with van der Waals surface area (Å²) in [4.78, 5) is 23.1. The first kappa shape index (κ1) is 16.5. The van der Waals surface area contributed by atoms with Crippen LogP contribution in [0.4, 0.5) is 0 Å². The molecule has 2 aromatic rings. The van der Waals surface area contributed by atoms with E-state index < -0.39 is 11.5 Å². The van der Waals surface area contributed by atoms with Crippen molar-refractivity contribution in [2.75, 3.05) is 6.61 Å². The number of carbonyl (C=O) groups is 1. The van der Waals surface area contributed by atoms with Gasteiger partial charge in [-0.3, -0.25) is 4.99 Å². The van der Waals surface area contributed by atoms with Gasteiger partial charge >= 0.3 is 5.97 Å². The first-order valence-corrected chi connectivity index (χ1v) is 8.82. The summed E-state index contributed by atoms with van der Waals surface area (Å²) in [6.45, 7) is 2.08. The molecule has 2 aliphatic rings. The highest BCUT2D eigenvalue weighted by Crippen LogP contribution is 2.45. The Labute approximate surface area is 152 Å². The molecule has 0 aliphatic carbocycles. The summed E-state index contributed by atoms with van der Waals surface area (Å²) in [6.07, 6.45) is 0.785. The average Bonchev–Trinajstić information content (AvgIpc) is 3.10. The topological polar surface area (TPSA) is 60.2 Å². The normalized spacial score (nSPS) is 24.1. The summed E-state index contributed by atoms with van der Waals surface area (Å²) in [5, 5.41) is 4.06. The molecule has 2 aliphatic heterocycles. The van der Waals surface area contributed by atoms with Gasteiger partial charge in [0.2, 0.25) is 0 Å². The van der Waals surface area contributed by atoms with Crippen LogP contribution in [0.15, 0.2) is 70.8 Å². The van der Waals surface area contributed by atoms with Crippen molar-refractivity contribution < 1.29 is 14.4 Å². The van der Waals surface area contributed by atoms with Crippen LogP contribution in [0.5, 0.6) is 0 Å². The molecule has 2 aromatic carbocycles. The zero-order valence-corrected chi connectivity index (χ0v) is 14.6. The molecule has 4 rings (SSSR count). The van der Waals surface area contributed by atoms with Crippen molar-refractivity contribution in [2.45, 2.75) is 31.4 Å².